The van der Waals surface area contributed by atoms with Gasteiger partial charge in [0.25, 0.3) is 5.91 Å². The van der Waals surface area contributed by atoms with E-state index >= 15 is 0 Å². The molecule has 156 valence electrons. The normalized spacial score (nSPS) is 10.5. The topological polar surface area (TPSA) is 74.6 Å². The summed E-state index contributed by atoms with van der Waals surface area (Å²) in [7, 11) is 1.72. The lowest BCUT2D eigenvalue weighted by molar-refractivity contribution is -0.128. The maximum Gasteiger partial charge on any atom is 0.253 e. The van der Waals surface area contributed by atoms with E-state index in [0.717, 1.165) is 17.1 Å². The van der Waals surface area contributed by atoms with Gasteiger partial charge in [0, 0.05) is 19.3 Å². The molecule has 1 aromatic heterocycles. The standard InChI is InChI=1S/C24H27N3O3/c1-17-8-11-19(12-9-17)14-26-24(29)21-6-4-5-7-22(21)25-15-23(28)27(3)16-20-13-10-18(2)30-20/h4-13,25H,14-16H2,1-3H3,(H,26,29). The second-order valence-corrected chi connectivity index (χ2v) is 7.33. The molecule has 3 rings (SSSR count). The zero-order valence-corrected chi connectivity index (χ0v) is 17.6. The van der Waals surface area contributed by atoms with E-state index in [1.165, 1.54) is 5.56 Å². The second-order valence-electron chi connectivity index (χ2n) is 7.33. The lowest BCUT2D eigenvalue weighted by Crippen LogP contribution is -2.32. The predicted octanol–water partition coefficient (Wildman–Crippen LogP) is 3.90. The van der Waals surface area contributed by atoms with Crippen LogP contribution in [0.5, 0.6) is 0 Å². The number of nitrogens with one attached hydrogen (secondary N) is 2. The molecule has 1 heterocycles. The predicted molar refractivity (Wildman–Crippen MR) is 117 cm³/mol. The number of aryl methyl sites for hydroxylation is 2. The van der Waals surface area contributed by atoms with Gasteiger partial charge in [-0.25, -0.2) is 0 Å². The number of likely N-dealkylation sites (N-methyl/N-ethyl adjacent to an activating group) is 1. The molecule has 0 bridgehead atoms. The Balaban J connectivity index is 1.56. The molecule has 6 nitrogen and oxygen atoms in total. The van der Waals surface area contributed by atoms with Crippen LogP contribution < -0.4 is 10.6 Å². The number of nitrogens with zero attached hydrogens (tertiary/aromatic N) is 1. The minimum absolute atomic E-state index is 0.0818. The van der Waals surface area contributed by atoms with Gasteiger partial charge in [0.05, 0.1) is 18.7 Å². The summed E-state index contributed by atoms with van der Waals surface area (Å²) in [4.78, 5) is 26.7. The van der Waals surface area contributed by atoms with Crippen molar-refractivity contribution in [1.29, 1.82) is 0 Å². The summed E-state index contributed by atoms with van der Waals surface area (Å²) in [5.74, 6) is 1.26. The maximum atomic E-state index is 12.7. The Hall–Kier alpha value is -3.54. The van der Waals surface area contributed by atoms with Crippen molar-refractivity contribution in [2.75, 3.05) is 18.9 Å². The van der Waals surface area contributed by atoms with Crippen molar-refractivity contribution in [3.05, 3.63) is 88.9 Å². The van der Waals surface area contributed by atoms with Crippen molar-refractivity contribution >= 4 is 17.5 Å². The second kappa shape index (κ2) is 9.78. The average molecular weight is 405 g/mol. The van der Waals surface area contributed by atoms with E-state index in [-0.39, 0.29) is 18.4 Å². The summed E-state index contributed by atoms with van der Waals surface area (Å²) in [5, 5.41) is 6.02. The third kappa shape index (κ3) is 5.73. The largest absolute Gasteiger partial charge is 0.464 e. The molecule has 0 radical (unpaired) electrons. The molecule has 0 aliphatic rings. The molecule has 0 saturated heterocycles. The van der Waals surface area contributed by atoms with Crippen LogP contribution in [0, 0.1) is 13.8 Å². The van der Waals surface area contributed by atoms with E-state index in [2.05, 4.69) is 10.6 Å². The highest BCUT2D eigenvalue weighted by Gasteiger charge is 2.14. The molecular weight excluding hydrogens is 378 g/mol. The monoisotopic (exact) mass is 405 g/mol. The first kappa shape index (κ1) is 21.2. The molecule has 0 aliphatic heterocycles. The summed E-state index contributed by atoms with van der Waals surface area (Å²) in [6.45, 7) is 4.81. The molecule has 3 aromatic rings. The molecule has 0 aliphatic carbocycles. The van der Waals surface area contributed by atoms with E-state index in [1.807, 2.05) is 56.3 Å². The number of carbonyl (C=O) groups excluding carboxylic acids is 2. The van der Waals surface area contributed by atoms with E-state index in [1.54, 1.807) is 30.1 Å². The Labute approximate surface area is 176 Å². The van der Waals surface area contributed by atoms with Gasteiger partial charge in [-0.05, 0) is 43.7 Å². The first-order valence-corrected chi connectivity index (χ1v) is 9.88. The van der Waals surface area contributed by atoms with E-state index in [4.69, 9.17) is 4.42 Å². The molecule has 6 heteroatoms. The van der Waals surface area contributed by atoms with Crippen LogP contribution in [0.1, 0.15) is 33.0 Å². The summed E-state index contributed by atoms with van der Waals surface area (Å²) in [6.07, 6.45) is 0. The van der Waals surface area contributed by atoms with Gasteiger partial charge in [-0.15, -0.1) is 0 Å². The summed E-state index contributed by atoms with van der Waals surface area (Å²) in [6, 6.07) is 18.9. The molecule has 2 aromatic carbocycles. The first-order chi connectivity index (χ1) is 14.4. The number of para-hydroxylation sites is 1. The quantitative estimate of drug-likeness (QED) is 0.596. The van der Waals surface area contributed by atoms with Gasteiger partial charge in [-0.1, -0.05) is 42.0 Å². The highest BCUT2D eigenvalue weighted by atomic mass is 16.3. The number of furan rings is 1. The van der Waals surface area contributed by atoms with Crippen LogP contribution in [0.4, 0.5) is 5.69 Å². The third-order valence-corrected chi connectivity index (χ3v) is 4.79. The van der Waals surface area contributed by atoms with Gasteiger partial charge in [0.2, 0.25) is 5.91 Å². The molecule has 0 spiro atoms. The highest BCUT2D eigenvalue weighted by Crippen LogP contribution is 2.15. The van der Waals surface area contributed by atoms with E-state index < -0.39 is 0 Å². The van der Waals surface area contributed by atoms with E-state index in [0.29, 0.717) is 24.3 Å². The number of amides is 2. The molecule has 0 saturated carbocycles. The van der Waals surface area contributed by atoms with Crippen molar-refractivity contribution in [1.82, 2.24) is 10.2 Å². The number of anilines is 1. The molecule has 0 unspecified atom stereocenters. The minimum atomic E-state index is -0.189. The fourth-order valence-electron chi connectivity index (χ4n) is 3.02. The zero-order valence-electron chi connectivity index (χ0n) is 17.6. The Morgan fingerprint density at radius 3 is 2.40 bits per heavy atom. The summed E-state index contributed by atoms with van der Waals surface area (Å²) in [5.41, 5.74) is 3.33. The van der Waals surface area contributed by atoms with Crippen molar-refractivity contribution in [2.24, 2.45) is 0 Å². The molecule has 0 fully saturated rings. The van der Waals surface area contributed by atoms with Crippen LogP contribution in [0.25, 0.3) is 0 Å². The number of rotatable bonds is 8. The lowest BCUT2D eigenvalue weighted by Gasteiger charge is -2.17. The number of hydrogen-bond acceptors (Lipinski definition) is 4. The summed E-state index contributed by atoms with van der Waals surface area (Å²) >= 11 is 0. The molecule has 0 atom stereocenters. The van der Waals surface area contributed by atoms with Crippen LogP contribution in [-0.4, -0.2) is 30.3 Å². The van der Waals surface area contributed by atoms with Crippen molar-refractivity contribution in [3.63, 3.8) is 0 Å². The molecule has 30 heavy (non-hydrogen) atoms. The van der Waals surface area contributed by atoms with Crippen LogP contribution in [-0.2, 0) is 17.9 Å². The number of hydrogen-bond donors (Lipinski definition) is 2. The van der Waals surface area contributed by atoms with Crippen molar-refractivity contribution in [3.8, 4) is 0 Å². The van der Waals surface area contributed by atoms with Crippen LogP contribution >= 0.6 is 0 Å². The smallest absolute Gasteiger partial charge is 0.253 e. The lowest BCUT2D eigenvalue weighted by atomic mass is 10.1. The summed E-state index contributed by atoms with van der Waals surface area (Å²) < 4.78 is 5.52. The molecular formula is C24H27N3O3. The Morgan fingerprint density at radius 2 is 1.70 bits per heavy atom. The van der Waals surface area contributed by atoms with Gasteiger partial charge >= 0.3 is 0 Å². The number of benzene rings is 2. The minimum Gasteiger partial charge on any atom is -0.464 e. The van der Waals surface area contributed by atoms with Gasteiger partial charge in [-0.2, -0.15) is 0 Å². The Morgan fingerprint density at radius 1 is 0.967 bits per heavy atom. The Bertz CT molecular complexity index is 1010. The van der Waals surface area contributed by atoms with Crippen molar-refractivity contribution < 1.29 is 14.0 Å². The van der Waals surface area contributed by atoms with Gasteiger partial charge in [-0.3, -0.25) is 9.59 Å². The van der Waals surface area contributed by atoms with Crippen molar-refractivity contribution in [2.45, 2.75) is 26.9 Å². The van der Waals surface area contributed by atoms with Crippen LogP contribution in [0.2, 0.25) is 0 Å². The maximum absolute atomic E-state index is 12.7. The SMILES string of the molecule is Cc1ccc(CNC(=O)c2ccccc2NCC(=O)N(C)Cc2ccc(C)o2)cc1. The van der Waals surface area contributed by atoms with E-state index in [9.17, 15) is 9.59 Å². The van der Waals surface area contributed by atoms with Gasteiger partial charge in [0.15, 0.2) is 0 Å². The first-order valence-electron chi connectivity index (χ1n) is 9.88. The Kier molecular flexibility index (Phi) is 6.91. The molecule has 2 amide bonds. The fraction of sp³-hybridized carbons (Fsp3) is 0.250. The average Bonchev–Trinajstić information content (AvgIpc) is 3.16. The zero-order chi connectivity index (χ0) is 21.5. The van der Waals surface area contributed by atoms with Gasteiger partial charge in [0.1, 0.15) is 11.5 Å². The third-order valence-electron chi connectivity index (χ3n) is 4.79. The number of carbonyl (C=O) groups is 2. The van der Waals surface area contributed by atoms with Crippen LogP contribution in [0.3, 0.4) is 0 Å². The van der Waals surface area contributed by atoms with Crippen LogP contribution in [0.15, 0.2) is 65.1 Å². The fourth-order valence-corrected chi connectivity index (χ4v) is 3.02. The highest BCUT2D eigenvalue weighted by molar-refractivity contribution is 6.00. The molecule has 2 N–H and O–H groups in total. The van der Waals surface area contributed by atoms with Gasteiger partial charge < -0.3 is 20.0 Å².